The number of likely N-dealkylation sites (tertiary alicyclic amines) is 1. The summed E-state index contributed by atoms with van der Waals surface area (Å²) in [5.41, 5.74) is 2.45. The number of nitrogens with zero attached hydrogens (tertiary/aromatic N) is 1. The molecule has 4 heteroatoms. The summed E-state index contributed by atoms with van der Waals surface area (Å²) in [5.74, 6) is 0. The third kappa shape index (κ3) is 3.63. The number of para-hydroxylation sites is 1. The molecule has 19 heavy (non-hydrogen) atoms. The molecule has 1 N–H and O–H groups in total. The highest BCUT2D eigenvalue weighted by Gasteiger charge is 2.23. The Hall–Kier alpha value is -1.71. The number of anilines is 1. The Bertz CT molecular complexity index is 426. The molecule has 0 aliphatic carbocycles. The third-order valence-electron chi connectivity index (χ3n) is 3.53. The van der Waals surface area contributed by atoms with Gasteiger partial charge in [-0.1, -0.05) is 18.2 Å². The van der Waals surface area contributed by atoms with Crippen LogP contribution in [0, 0.1) is 6.92 Å². The molecule has 0 radical (unpaired) electrons. The highest BCUT2D eigenvalue weighted by molar-refractivity contribution is 5.67. The maximum Gasteiger partial charge on any atom is 0.409 e. The molecule has 104 valence electrons. The van der Waals surface area contributed by atoms with E-state index >= 15 is 0 Å². The number of rotatable bonds is 3. The topological polar surface area (TPSA) is 41.6 Å². The summed E-state index contributed by atoms with van der Waals surface area (Å²) in [7, 11) is 0. The first-order valence-corrected chi connectivity index (χ1v) is 6.94. The number of benzene rings is 1. The van der Waals surface area contributed by atoms with Crippen molar-refractivity contribution < 1.29 is 9.53 Å². The number of hydrogen-bond acceptors (Lipinski definition) is 3. The van der Waals surface area contributed by atoms with Crippen molar-refractivity contribution in [2.75, 3.05) is 25.0 Å². The molecule has 1 saturated heterocycles. The molecular weight excluding hydrogens is 240 g/mol. The Labute approximate surface area is 114 Å². The third-order valence-corrected chi connectivity index (χ3v) is 3.53. The predicted octanol–water partition coefficient (Wildman–Crippen LogP) is 3.03. The smallest absolute Gasteiger partial charge is 0.409 e. The molecule has 0 unspecified atom stereocenters. The van der Waals surface area contributed by atoms with E-state index in [1.807, 2.05) is 19.1 Å². The number of amides is 1. The molecule has 1 amide bonds. The number of piperidine rings is 1. The van der Waals surface area contributed by atoms with Gasteiger partial charge in [0.2, 0.25) is 0 Å². The summed E-state index contributed by atoms with van der Waals surface area (Å²) in [6, 6.07) is 8.74. The van der Waals surface area contributed by atoms with Crippen LogP contribution in [0.1, 0.15) is 25.3 Å². The zero-order valence-electron chi connectivity index (χ0n) is 11.7. The molecule has 0 saturated carbocycles. The lowest BCUT2D eigenvalue weighted by atomic mass is 10.0. The fourth-order valence-electron chi connectivity index (χ4n) is 2.38. The zero-order chi connectivity index (χ0) is 13.7. The molecule has 1 fully saturated rings. The highest BCUT2D eigenvalue weighted by Crippen LogP contribution is 2.19. The Balaban J connectivity index is 1.84. The minimum atomic E-state index is -0.183. The van der Waals surface area contributed by atoms with Gasteiger partial charge in [-0.2, -0.15) is 0 Å². The van der Waals surface area contributed by atoms with Gasteiger partial charge in [0.05, 0.1) is 6.61 Å². The molecule has 1 aromatic carbocycles. The Morgan fingerprint density at radius 1 is 1.37 bits per heavy atom. The molecule has 1 aromatic rings. The molecule has 4 nitrogen and oxygen atoms in total. The standard InChI is InChI=1S/C15H22N2O2/c1-3-19-15(18)17-10-8-13(9-11-17)16-14-7-5-4-6-12(14)2/h4-7,13,16H,3,8-11H2,1-2H3. The van der Waals surface area contributed by atoms with E-state index in [0.29, 0.717) is 12.6 Å². The van der Waals surface area contributed by atoms with E-state index in [9.17, 15) is 4.79 Å². The first-order valence-electron chi connectivity index (χ1n) is 6.94. The molecular formula is C15H22N2O2. The fraction of sp³-hybridized carbons (Fsp3) is 0.533. The molecule has 0 atom stereocenters. The Morgan fingerprint density at radius 2 is 2.05 bits per heavy atom. The minimum Gasteiger partial charge on any atom is -0.450 e. The van der Waals surface area contributed by atoms with Crippen LogP contribution in [0.5, 0.6) is 0 Å². The summed E-state index contributed by atoms with van der Waals surface area (Å²) >= 11 is 0. The highest BCUT2D eigenvalue weighted by atomic mass is 16.6. The van der Waals surface area contributed by atoms with Crippen molar-refractivity contribution in [1.29, 1.82) is 0 Å². The summed E-state index contributed by atoms with van der Waals surface area (Å²) in [4.78, 5) is 13.4. The molecule has 0 bridgehead atoms. The van der Waals surface area contributed by atoms with Gasteiger partial charge < -0.3 is 15.0 Å². The van der Waals surface area contributed by atoms with Crippen LogP contribution in [-0.4, -0.2) is 36.7 Å². The van der Waals surface area contributed by atoms with E-state index in [0.717, 1.165) is 25.9 Å². The van der Waals surface area contributed by atoms with E-state index in [2.05, 4.69) is 24.4 Å². The summed E-state index contributed by atoms with van der Waals surface area (Å²) in [6.45, 7) is 5.92. The maximum atomic E-state index is 11.6. The monoisotopic (exact) mass is 262 g/mol. The number of ether oxygens (including phenoxy) is 1. The summed E-state index contributed by atoms with van der Waals surface area (Å²) < 4.78 is 5.02. The molecule has 1 aliphatic rings. The fourth-order valence-corrected chi connectivity index (χ4v) is 2.38. The van der Waals surface area contributed by atoms with E-state index in [4.69, 9.17) is 4.74 Å². The van der Waals surface area contributed by atoms with Crippen molar-refractivity contribution in [3.8, 4) is 0 Å². The SMILES string of the molecule is CCOC(=O)N1CCC(Nc2ccccc2C)CC1. The van der Waals surface area contributed by atoms with Gasteiger partial charge in [-0.3, -0.25) is 0 Å². The van der Waals surface area contributed by atoms with Crippen LogP contribution in [0.25, 0.3) is 0 Å². The molecule has 1 heterocycles. The van der Waals surface area contributed by atoms with Crippen molar-refractivity contribution in [2.24, 2.45) is 0 Å². The van der Waals surface area contributed by atoms with Crippen LogP contribution in [0.2, 0.25) is 0 Å². The van der Waals surface area contributed by atoms with Gasteiger partial charge in [0.25, 0.3) is 0 Å². The number of carbonyl (C=O) groups is 1. The number of aryl methyl sites for hydroxylation is 1. The van der Waals surface area contributed by atoms with Crippen LogP contribution in [-0.2, 0) is 4.74 Å². The minimum absolute atomic E-state index is 0.183. The Kier molecular flexibility index (Phi) is 4.66. The van der Waals surface area contributed by atoms with Crippen LogP contribution in [0.4, 0.5) is 10.5 Å². The number of hydrogen-bond donors (Lipinski definition) is 1. The van der Waals surface area contributed by atoms with Gasteiger partial charge >= 0.3 is 6.09 Å². The average Bonchev–Trinajstić information content (AvgIpc) is 2.42. The average molecular weight is 262 g/mol. The second-order valence-corrected chi connectivity index (χ2v) is 4.92. The maximum absolute atomic E-state index is 11.6. The molecule has 1 aliphatic heterocycles. The van der Waals surface area contributed by atoms with Crippen molar-refractivity contribution >= 4 is 11.8 Å². The van der Waals surface area contributed by atoms with E-state index in [-0.39, 0.29) is 6.09 Å². The largest absolute Gasteiger partial charge is 0.450 e. The first-order chi connectivity index (χ1) is 9.20. The van der Waals surface area contributed by atoms with Crippen molar-refractivity contribution in [2.45, 2.75) is 32.7 Å². The first kappa shape index (κ1) is 13.7. The van der Waals surface area contributed by atoms with Gasteiger partial charge in [0.15, 0.2) is 0 Å². The second-order valence-electron chi connectivity index (χ2n) is 4.92. The van der Waals surface area contributed by atoms with Gasteiger partial charge in [0, 0.05) is 24.8 Å². The van der Waals surface area contributed by atoms with Crippen LogP contribution >= 0.6 is 0 Å². The quantitative estimate of drug-likeness (QED) is 0.910. The lowest BCUT2D eigenvalue weighted by molar-refractivity contribution is 0.0983. The summed E-state index contributed by atoms with van der Waals surface area (Å²) in [6.07, 6.45) is 1.75. The number of nitrogens with one attached hydrogen (secondary N) is 1. The van der Waals surface area contributed by atoms with Gasteiger partial charge in [-0.25, -0.2) is 4.79 Å². The van der Waals surface area contributed by atoms with Crippen LogP contribution in [0.15, 0.2) is 24.3 Å². The van der Waals surface area contributed by atoms with Gasteiger partial charge in [-0.05, 0) is 38.3 Å². The van der Waals surface area contributed by atoms with Gasteiger partial charge in [-0.15, -0.1) is 0 Å². The predicted molar refractivity (Wildman–Crippen MR) is 76.4 cm³/mol. The van der Waals surface area contributed by atoms with Crippen molar-refractivity contribution in [3.05, 3.63) is 29.8 Å². The van der Waals surface area contributed by atoms with Crippen molar-refractivity contribution in [3.63, 3.8) is 0 Å². The zero-order valence-corrected chi connectivity index (χ0v) is 11.7. The number of carbonyl (C=O) groups excluding carboxylic acids is 1. The molecule has 2 rings (SSSR count). The van der Waals surface area contributed by atoms with Gasteiger partial charge in [0.1, 0.15) is 0 Å². The van der Waals surface area contributed by atoms with Crippen LogP contribution < -0.4 is 5.32 Å². The van der Waals surface area contributed by atoms with E-state index in [1.54, 1.807) is 4.90 Å². The molecule has 0 spiro atoms. The lowest BCUT2D eigenvalue weighted by Crippen LogP contribution is -2.42. The summed E-state index contributed by atoms with van der Waals surface area (Å²) in [5, 5.41) is 3.56. The van der Waals surface area contributed by atoms with E-state index < -0.39 is 0 Å². The normalized spacial score (nSPS) is 16.2. The van der Waals surface area contributed by atoms with Crippen molar-refractivity contribution in [1.82, 2.24) is 4.90 Å². The molecule has 0 aromatic heterocycles. The van der Waals surface area contributed by atoms with Crippen LogP contribution in [0.3, 0.4) is 0 Å². The lowest BCUT2D eigenvalue weighted by Gasteiger charge is -2.32. The second kappa shape index (κ2) is 6.45. The Morgan fingerprint density at radius 3 is 2.68 bits per heavy atom. The van der Waals surface area contributed by atoms with E-state index in [1.165, 1.54) is 11.3 Å².